The summed E-state index contributed by atoms with van der Waals surface area (Å²) in [6.07, 6.45) is 3.25. The average molecular weight is 366 g/mol. The second-order valence-corrected chi connectivity index (χ2v) is 5.76. The summed E-state index contributed by atoms with van der Waals surface area (Å²) in [5, 5.41) is 7.09. The van der Waals surface area contributed by atoms with Gasteiger partial charge in [-0.3, -0.25) is 0 Å². The molecule has 0 bridgehead atoms. The third-order valence-electron chi connectivity index (χ3n) is 1.93. The van der Waals surface area contributed by atoms with E-state index < -0.39 is 0 Å². The zero-order chi connectivity index (χ0) is 11.8. The number of anilines is 1. The topological polar surface area (TPSA) is 24.1 Å². The van der Waals surface area contributed by atoms with Gasteiger partial charge >= 0.3 is 0 Å². The molecule has 0 radical (unpaired) electrons. The van der Waals surface area contributed by atoms with E-state index in [1.54, 1.807) is 0 Å². The van der Waals surface area contributed by atoms with Gasteiger partial charge in [-0.2, -0.15) is 11.8 Å². The summed E-state index contributed by atoms with van der Waals surface area (Å²) in [6.45, 7) is 0.927. The molecule has 16 heavy (non-hydrogen) atoms. The highest BCUT2D eigenvalue weighted by Gasteiger charge is 2.00. The number of halogens is 1. The van der Waals surface area contributed by atoms with Gasteiger partial charge < -0.3 is 10.6 Å². The Hall–Kier alpha value is -0.0100. The number of benzene rings is 1. The van der Waals surface area contributed by atoms with Gasteiger partial charge in [0.05, 0.1) is 5.69 Å². The molecule has 1 rings (SSSR count). The smallest absolute Gasteiger partial charge is 0.170 e. The van der Waals surface area contributed by atoms with Gasteiger partial charge in [0.2, 0.25) is 0 Å². The number of para-hydroxylation sites is 1. The Labute approximate surface area is 120 Å². The van der Waals surface area contributed by atoms with Gasteiger partial charge in [-0.25, -0.2) is 0 Å². The Kier molecular flexibility index (Phi) is 7.15. The minimum absolute atomic E-state index is 0.699. The van der Waals surface area contributed by atoms with E-state index in [4.69, 9.17) is 12.2 Å². The third-order valence-corrected chi connectivity index (χ3v) is 3.82. The summed E-state index contributed by atoms with van der Waals surface area (Å²) >= 11 is 9.36. The summed E-state index contributed by atoms with van der Waals surface area (Å²) in [5.41, 5.74) is 1.06. The van der Waals surface area contributed by atoms with Crippen LogP contribution in [0.5, 0.6) is 0 Å². The molecule has 0 aliphatic rings. The lowest BCUT2D eigenvalue weighted by molar-refractivity contribution is 0.855. The van der Waals surface area contributed by atoms with Crippen molar-refractivity contribution in [3.05, 3.63) is 27.8 Å². The first kappa shape index (κ1) is 14.1. The SMILES string of the molecule is CSCCCNC(=S)Nc1ccccc1I. The molecule has 0 aliphatic carbocycles. The number of rotatable bonds is 5. The van der Waals surface area contributed by atoms with E-state index in [-0.39, 0.29) is 0 Å². The molecule has 2 nitrogen and oxygen atoms in total. The van der Waals surface area contributed by atoms with E-state index in [2.05, 4.69) is 45.5 Å². The maximum Gasteiger partial charge on any atom is 0.170 e. The largest absolute Gasteiger partial charge is 0.362 e. The van der Waals surface area contributed by atoms with Crippen molar-refractivity contribution in [1.82, 2.24) is 5.32 Å². The van der Waals surface area contributed by atoms with E-state index in [0.29, 0.717) is 5.11 Å². The van der Waals surface area contributed by atoms with Gasteiger partial charge in [0, 0.05) is 10.1 Å². The molecule has 0 aromatic heterocycles. The van der Waals surface area contributed by atoms with Crippen LogP contribution in [0.3, 0.4) is 0 Å². The van der Waals surface area contributed by atoms with E-state index in [1.165, 1.54) is 9.32 Å². The van der Waals surface area contributed by atoms with Gasteiger partial charge in [-0.1, -0.05) is 12.1 Å². The van der Waals surface area contributed by atoms with Crippen molar-refractivity contribution < 1.29 is 0 Å². The summed E-state index contributed by atoms with van der Waals surface area (Å²) in [4.78, 5) is 0. The predicted octanol–water partition coefficient (Wildman–Crippen LogP) is 3.33. The van der Waals surface area contributed by atoms with Crippen LogP contribution in [-0.2, 0) is 0 Å². The maximum atomic E-state index is 5.21. The van der Waals surface area contributed by atoms with Crippen LogP contribution in [0.1, 0.15) is 6.42 Å². The molecular weight excluding hydrogens is 351 g/mol. The lowest BCUT2D eigenvalue weighted by atomic mass is 10.3. The molecule has 1 aromatic carbocycles. The van der Waals surface area contributed by atoms with Crippen molar-refractivity contribution in [1.29, 1.82) is 0 Å². The minimum Gasteiger partial charge on any atom is -0.362 e. The van der Waals surface area contributed by atoms with Crippen LogP contribution in [0.2, 0.25) is 0 Å². The van der Waals surface area contributed by atoms with Crippen LogP contribution in [0.25, 0.3) is 0 Å². The Morgan fingerprint density at radius 3 is 2.88 bits per heavy atom. The molecule has 0 atom stereocenters. The Bertz CT molecular complexity index is 345. The fraction of sp³-hybridized carbons (Fsp3) is 0.364. The number of thioether (sulfide) groups is 1. The second kappa shape index (κ2) is 8.14. The van der Waals surface area contributed by atoms with E-state index >= 15 is 0 Å². The number of hydrogen-bond acceptors (Lipinski definition) is 2. The van der Waals surface area contributed by atoms with Crippen LogP contribution in [-0.4, -0.2) is 23.7 Å². The molecule has 0 saturated heterocycles. The van der Waals surface area contributed by atoms with Crippen LogP contribution in [0.15, 0.2) is 24.3 Å². The van der Waals surface area contributed by atoms with E-state index in [9.17, 15) is 0 Å². The van der Waals surface area contributed by atoms with Crippen molar-refractivity contribution >= 4 is 57.4 Å². The van der Waals surface area contributed by atoms with Crippen molar-refractivity contribution in [3.63, 3.8) is 0 Å². The highest BCUT2D eigenvalue weighted by atomic mass is 127. The molecule has 1 aromatic rings. The van der Waals surface area contributed by atoms with Gasteiger partial charge in [-0.05, 0) is 65.4 Å². The first-order valence-corrected chi connectivity index (χ1v) is 7.90. The van der Waals surface area contributed by atoms with Crippen molar-refractivity contribution in [3.8, 4) is 0 Å². The van der Waals surface area contributed by atoms with Crippen molar-refractivity contribution in [2.24, 2.45) is 0 Å². The molecule has 0 spiro atoms. The molecule has 88 valence electrons. The predicted molar refractivity (Wildman–Crippen MR) is 86.4 cm³/mol. The monoisotopic (exact) mass is 366 g/mol. The summed E-state index contributed by atoms with van der Waals surface area (Å²) in [5.74, 6) is 1.17. The number of thiocarbonyl (C=S) groups is 1. The first-order chi connectivity index (χ1) is 7.74. The average Bonchev–Trinajstić information content (AvgIpc) is 2.28. The molecule has 0 heterocycles. The summed E-state index contributed by atoms with van der Waals surface area (Å²) < 4.78 is 1.17. The molecule has 0 aliphatic heterocycles. The maximum absolute atomic E-state index is 5.21. The normalized spacial score (nSPS) is 9.88. The van der Waals surface area contributed by atoms with Crippen LogP contribution < -0.4 is 10.6 Å². The van der Waals surface area contributed by atoms with Gasteiger partial charge in [0.15, 0.2) is 5.11 Å². The van der Waals surface area contributed by atoms with Crippen LogP contribution in [0, 0.1) is 3.57 Å². The molecule has 5 heteroatoms. The van der Waals surface area contributed by atoms with Crippen molar-refractivity contribution in [2.45, 2.75) is 6.42 Å². The zero-order valence-corrected chi connectivity index (χ0v) is 12.9. The lowest BCUT2D eigenvalue weighted by Crippen LogP contribution is -2.29. The first-order valence-electron chi connectivity index (χ1n) is 5.02. The fourth-order valence-corrected chi connectivity index (χ4v) is 2.31. The van der Waals surface area contributed by atoms with E-state index in [0.717, 1.165) is 18.7 Å². The second-order valence-electron chi connectivity index (χ2n) is 3.21. The zero-order valence-electron chi connectivity index (χ0n) is 9.13. The summed E-state index contributed by atoms with van der Waals surface area (Å²) in [7, 11) is 0. The highest BCUT2D eigenvalue weighted by Crippen LogP contribution is 2.16. The Morgan fingerprint density at radius 2 is 2.19 bits per heavy atom. The minimum atomic E-state index is 0.699. The Balaban J connectivity index is 2.32. The van der Waals surface area contributed by atoms with E-state index in [1.807, 2.05) is 30.0 Å². The molecule has 0 saturated carbocycles. The summed E-state index contributed by atoms with van der Waals surface area (Å²) in [6, 6.07) is 8.10. The molecule has 0 amide bonds. The fourth-order valence-electron chi connectivity index (χ4n) is 1.15. The van der Waals surface area contributed by atoms with Crippen LogP contribution >= 0.6 is 46.6 Å². The third kappa shape index (κ3) is 5.36. The Morgan fingerprint density at radius 1 is 1.44 bits per heavy atom. The van der Waals surface area contributed by atoms with Crippen LogP contribution in [0.4, 0.5) is 5.69 Å². The number of nitrogens with one attached hydrogen (secondary N) is 2. The molecular formula is C11H15IN2S2. The van der Waals surface area contributed by atoms with Gasteiger partial charge in [0.25, 0.3) is 0 Å². The number of hydrogen-bond donors (Lipinski definition) is 2. The molecule has 0 fully saturated rings. The highest BCUT2D eigenvalue weighted by molar-refractivity contribution is 14.1. The standard InChI is InChI=1S/C11H15IN2S2/c1-16-8-4-7-13-11(15)14-10-6-3-2-5-9(10)12/h2-3,5-6H,4,7-8H2,1H3,(H2,13,14,15). The van der Waals surface area contributed by atoms with Gasteiger partial charge in [-0.15, -0.1) is 0 Å². The molecule has 0 unspecified atom stereocenters. The van der Waals surface area contributed by atoms with Gasteiger partial charge in [0.1, 0.15) is 0 Å². The van der Waals surface area contributed by atoms with Crippen molar-refractivity contribution in [2.75, 3.05) is 23.9 Å². The lowest BCUT2D eigenvalue weighted by Gasteiger charge is -2.11. The quantitative estimate of drug-likeness (QED) is 0.474. The molecule has 2 N–H and O–H groups in total.